The van der Waals surface area contributed by atoms with Crippen molar-refractivity contribution < 1.29 is 9.52 Å². The highest BCUT2D eigenvalue weighted by Crippen LogP contribution is 2.27. The van der Waals surface area contributed by atoms with Crippen molar-refractivity contribution >= 4 is 11.6 Å². The average molecular weight is 294 g/mol. The Bertz CT molecular complexity index is 716. The maximum absolute atomic E-state index is 9.13. The minimum atomic E-state index is -0.0571. The summed E-state index contributed by atoms with van der Waals surface area (Å²) < 4.78 is 8.44. The van der Waals surface area contributed by atoms with E-state index in [1.807, 2.05) is 0 Å². The highest BCUT2D eigenvalue weighted by molar-refractivity contribution is 6.32. The molecule has 0 bridgehead atoms. The number of rotatable bonds is 4. The van der Waals surface area contributed by atoms with Crippen LogP contribution in [0.3, 0.4) is 0 Å². The number of furan rings is 1. The summed E-state index contributed by atoms with van der Waals surface area (Å²) in [4.78, 5) is 4.40. The van der Waals surface area contributed by atoms with Gasteiger partial charge in [0, 0.05) is 13.2 Å². The Kier molecular flexibility index (Phi) is 3.29. The van der Waals surface area contributed by atoms with Gasteiger partial charge in [-0.2, -0.15) is 5.10 Å². The lowest BCUT2D eigenvalue weighted by Gasteiger charge is -2.00. The lowest BCUT2D eigenvalue weighted by Crippen LogP contribution is -2.06. The molecule has 0 aliphatic carbocycles. The summed E-state index contributed by atoms with van der Waals surface area (Å²) in [7, 11) is 1.77. The molecule has 104 valence electrons. The number of halogens is 1. The second kappa shape index (κ2) is 5.10. The van der Waals surface area contributed by atoms with Crippen LogP contribution >= 0.6 is 11.6 Å². The molecule has 0 saturated carbocycles. The minimum Gasteiger partial charge on any atom is -0.461 e. The lowest BCUT2D eigenvalue weighted by atomic mass is 10.4. The molecule has 0 spiro atoms. The second-order valence-electron chi connectivity index (χ2n) is 4.18. The van der Waals surface area contributed by atoms with Crippen LogP contribution in [0, 0.1) is 0 Å². The van der Waals surface area contributed by atoms with Gasteiger partial charge in [-0.25, -0.2) is 9.67 Å². The summed E-state index contributed by atoms with van der Waals surface area (Å²) in [5.74, 6) is 1.48. The van der Waals surface area contributed by atoms with Gasteiger partial charge in [0.1, 0.15) is 5.69 Å². The van der Waals surface area contributed by atoms with Gasteiger partial charge in [-0.05, 0) is 12.1 Å². The molecule has 0 aliphatic rings. The van der Waals surface area contributed by atoms with Crippen LogP contribution in [0.2, 0.25) is 5.02 Å². The standard InChI is InChI=1S/C12H12ClN5O2/c1-17-7-8(13)10(15-17)12-14-11(9-3-2-6-20-9)16-18(12)4-5-19/h2-3,6-7,19H,4-5H2,1H3. The zero-order valence-electron chi connectivity index (χ0n) is 10.7. The lowest BCUT2D eigenvalue weighted by molar-refractivity contribution is 0.270. The zero-order valence-corrected chi connectivity index (χ0v) is 11.4. The van der Waals surface area contributed by atoms with Gasteiger partial charge in [0.2, 0.25) is 5.82 Å². The maximum Gasteiger partial charge on any atom is 0.217 e. The molecule has 0 saturated heterocycles. The topological polar surface area (TPSA) is 81.9 Å². The molecule has 3 aromatic rings. The molecular weight excluding hydrogens is 282 g/mol. The van der Waals surface area contributed by atoms with Crippen LogP contribution in [-0.4, -0.2) is 36.3 Å². The number of aliphatic hydroxyl groups is 1. The Morgan fingerprint density at radius 3 is 2.85 bits per heavy atom. The van der Waals surface area contributed by atoms with Crippen molar-refractivity contribution in [3.8, 4) is 23.1 Å². The van der Waals surface area contributed by atoms with Crippen LogP contribution in [0.15, 0.2) is 29.0 Å². The number of aromatic nitrogens is 5. The molecule has 3 aromatic heterocycles. The normalized spacial score (nSPS) is 11.2. The van der Waals surface area contributed by atoms with Crippen molar-refractivity contribution in [2.45, 2.75) is 6.54 Å². The van der Waals surface area contributed by atoms with E-state index in [0.29, 0.717) is 34.7 Å². The van der Waals surface area contributed by atoms with Crippen LogP contribution in [0.4, 0.5) is 0 Å². The third-order valence-corrected chi connectivity index (χ3v) is 3.00. The average Bonchev–Trinajstić information content (AvgIpc) is 3.09. The number of hydrogen-bond donors (Lipinski definition) is 1. The van der Waals surface area contributed by atoms with Crippen LogP contribution in [0.25, 0.3) is 23.1 Å². The minimum absolute atomic E-state index is 0.0571. The summed E-state index contributed by atoms with van der Waals surface area (Å²) in [6, 6.07) is 3.53. The van der Waals surface area contributed by atoms with Crippen molar-refractivity contribution in [3.63, 3.8) is 0 Å². The predicted molar refractivity (Wildman–Crippen MR) is 72.0 cm³/mol. The molecule has 0 aromatic carbocycles. The highest BCUT2D eigenvalue weighted by atomic mass is 35.5. The van der Waals surface area contributed by atoms with E-state index in [4.69, 9.17) is 21.1 Å². The molecule has 0 unspecified atom stereocenters. The van der Waals surface area contributed by atoms with Gasteiger partial charge in [0.05, 0.1) is 24.4 Å². The third kappa shape index (κ3) is 2.21. The Hall–Kier alpha value is -2.12. The first-order valence-corrected chi connectivity index (χ1v) is 6.36. The maximum atomic E-state index is 9.13. The number of hydrogen-bond acceptors (Lipinski definition) is 5. The van der Waals surface area contributed by atoms with E-state index in [9.17, 15) is 0 Å². The van der Waals surface area contributed by atoms with Crippen molar-refractivity contribution in [2.75, 3.05) is 6.61 Å². The van der Waals surface area contributed by atoms with Crippen LogP contribution in [0.5, 0.6) is 0 Å². The molecule has 0 amide bonds. The van der Waals surface area contributed by atoms with E-state index in [1.165, 1.54) is 0 Å². The van der Waals surface area contributed by atoms with Gasteiger partial charge in [0.15, 0.2) is 11.6 Å². The Labute approximate surface area is 119 Å². The van der Waals surface area contributed by atoms with Crippen molar-refractivity contribution in [1.82, 2.24) is 24.5 Å². The monoisotopic (exact) mass is 293 g/mol. The first-order chi connectivity index (χ1) is 9.69. The fraction of sp³-hybridized carbons (Fsp3) is 0.250. The zero-order chi connectivity index (χ0) is 14.1. The molecule has 3 heterocycles. The van der Waals surface area contributed by atoms with Crippen molar-refractivity contribution in [3.05, 3.63) is 29.6 Å². The molecule has 0 radical (unpaired) electrons. The first-order valence-electron chi connectivity index (χ1n) is 5.98. The van der Waals surface area contributed by atoms with Crippen molar-refractivity contribution in [1.29, 1.82) is 0 Å². The summed E-state index contributed by atoms with van der Waals surface area (Å²) in [5, 5.41) is 18.2. The molecule has 7 nitrogen and oxygen atoms in total. The van der Waals surface area contributed by atoms with Gasteiger partial charge in [-0.15, -0.1) is 5.10 Å². The van der Waals surface area contributed by atoms with Gasteiger partial charge in [-0.3, -0.25) is 4.68 Å². The molecule has 0 atom stereocenters. The van der Waals surface area contributed by atoms with Gasteiger partial charge >= 0.3 is 0 Å². The smallest absolute Gasteiger partial charge is 0.217 e. The SMILES string of the molecule is Cn1cc(Cl)c(-c2nc(-c3ccco3)nn2CCO)n1. The summed E-state index contributed by atoms with van der Waals surface area (Å²) in [6.45, 7) is 0.244. The highest BCUT2D eigenvalue weighted by Gasteiger charge is 2.19. The van der Waals surface area contributed by atoms with E-state index in [2.05, 4.69) is 15.2 Å². The molecule has 8 heteroatoms. The van der Waals surface area contributed by atoms with Gasteiger partial charge in [0.25, 0.3) is 0 Å². The Balaban J connectivity index is 2.11. The van der Waals surface area contributed by atoms with Crippen LogP contribution < -0.4 is 0 Å². The van der Waals surface area contributed by atoms with Crippen LogP contribution in [0.1, 0.15) is 0 Å². The first kappa shape index (κ1) is 12.9. The Morgan fingerprint density at radius 1 is 1.40 bits per heavy atom. The predicted octanol–water partition coefficient (Wildman–Crippen LogP) is 1.58. The third-order valence-electron chi connectivity index (χ3n) is 2.72. The molecule has 20 heavy (non-hydrogen) atoms. The van der Waals surface area contributed by atoms with E-state index in [0.717, 1.165) is 0 Å². The quantitative estimate of drug-likeness (QED) is 0.790. The largest absolute Gasteiger partial charge is 0.461 e. The van der Waals surface area contributed by atoms with E-state index in [1.54, 1.807) is 41.0 Å². The fourth-order valence-electron chi connectivity index (χ4n) is 1.89. The fourth-order valence-corrected chi connectivity index (χ4v) is 2.15. The van der Waals surface area contributed by atoms with Crippen LogP contribution in [-0.2, 0) is 13.6 Å². The number of nitrogens with zero attached hydrogens (tertiary/aromatic N) is 5. The van der Waals surface area contributed by atoms with E-state index >= 15 is 0 Å². The molecular formula is C12H12ClN5O2. The number of aliphatic hydroxyl groups excluding tert-OH is 1. The Morgan fingerprint density at radius 2 is 2.25 bits per heavy atom. The van der Waals surface area contributed by atoms with E-state index < -0.39 is 0 Å². The molecule has 0 aliphatic heterocycles. The molecule has 0 fully saturated rings. The second-order valence-corrected chi connectivity index (χ2v) is 4.59. The van der Waals surface area contributed by atoms with Gasteiger partial charge in [-0.1, -0.05) is 11.6 Å². The molecule has 1 N–H and O–H groups in total. The molecule has 3 rings (SSSR count). The number of aryl methyl sites for hydroxylation is 1. The van der Waals surface area contributed by atoms with Crippen molar-refractivity contribution in [2.24, 2.45) is 7.05 Å². The summed E-state index contributed by atoms with van der Waals surface area (Å²) in [5.41, 5.74) is 0.521. The summed E-state index contributed by atoms with van der Waals surface area (Å²) in [6.07, 6.45) is 3.23. The van der Waals surface area contributed by atoms with Gasteiger partial charge < -0.3 is 9.52 Å². The van der Waals surface area contributed by atoms with E-state index in [-0.39, 0.29) is 6.61 Å². The summed E-state index contributed by atoms with van der Waals surface area (Å²) >= 11 is 6.14.